The van der Waals surface area contributed by atoms with Crippen LogP contribution in [0.1, 0.15) is 6.42 Å². The second-order valence-electron chi connectivity index (χ2n) is 4.07. The van der Waals surface area contributed by atoms with Gasteiger partial charge in [0.05, 0.1) is 18.1 Å². The van der Waals surface area contributed by atoms with Gasteiger partial charge in [-0.2, -0.15) is 0 Å². The third kappa shape index (κ3) is 4.94. The summed E-state index contributed by atoms with van der Waals surface area (Å²) in [4.78, 5) is 13.9. The molecule has 0 saturated carbocycles. The first-order valence-electron chi connectivity index (χ1n) is 6.28. The van der Waals surface area contributed by atoms with Crippen LogP contribution in [-0.4, -0.2) is 17.7 Å². The lowest BCUT2D eigenvalue weighted by atomic mass is 10.4. The van der Waals surface area contributed by atoms with Crippen LogP contribution < -0.4 is 0 Å². The number of rotatable bonds is 6. The van der Waals surface area contributed by atoms with Gasteiger partial charge in [0.25, 0.3) is 0 Å². The Morgan fingerprint density at radius 3 is 1.80 bits per heavy atom. The average molecular weight is 304 g/mol. The molecule has 0 radical (unpaired) electrons. The van der Waals surface area contributed by atoms with Crippen LogP contribution in [-0.2, 0) is 9.53 Å². The second kappa shape index (κ2) is 8.02. The molecule has 0 heterocycles. The second-order valence-corrected chi connectivity index (χ2v) is 6.92. The largest absolute Gasteiger partial charge is 0.469 e. The van der Waals surface area contributed by atoms with Crippen LogP contribution in [0, 0.1) is 0 Å². The molecule has 0 unspecified atom stereocenters. The molecule has 0 aliphatic carbocycles. The predicted octanol–water partition coefficient (Wildman–Crippen LogP) is 4.46. The average Bonchev–Trinajstić information content (AvgIpc) is 2.49. The lowest BCUT2D eigenvalue weighted by molar-refractivity contribution is -0.140. The zero-order chi connectivity index (χ0) is 14.2. The number of thioether (sulfide) groups is 2. The van der Waals surface area contributed by atoms with Crippen molar-refractivity contribution in [3.63, 3.8) is 0 Å². The maximum Gasteiger partial charge on any atom is 0.307 e. The van der Waals surface area contributed by atoms with Gasteiger partial charge in [-0.1, -0.05) is 36.4 Å². The van der Waals surface area contributed by atoms with Gasteiger partial charge in [-0.3, -0.25) is 4.79 Å². The molecule has 2 nitrogen and oxygen atoms in total. The topological polar surface area (TPSA) is 26.3 Å². The third-order valence-corrected chi connectivity index (χ3v) is 5.11. The number of hydrogen-bond donors (Lipinski definition) is 0. The monoisotopic (exact) mass is 304 g/mol. The van der Waals surface area contributed by atoms with Crippen LogP contribution in [0.4, 0.5) is 0 Å². The van der Waals surface area contributed by atoms with E-state index in [1.54, 1.807) is 23.5 Å². The van der Waals surface area contributed by atoms with Crippen LogP contribution >= 0.6 is 23.5 Å². The number of carbonyl (C=O) groups is 1. The number of esters is 1. The molecule has 0 amide bonds. The summed E-state index contributed by atoms with van der Waals surface area (Å²) in [5.41, 5.74) is 0. The van der Waals surface area contributed by atoms with Gasteiger partial charge in [0, 0.05) is 9.79 Å². The first-order valence-corrected chi connectivity index (χ1v) is 8.04. The number of benzene rings is 2. The highest BCUT2D eigenvalue weighted by Crippen LogP contribution is 2.37. The summed E-state index contributed by atoms with van der Waals surface area (Å²) in [6.45, 7) is 0. The van der Waals surface area contributed by atoms with E-state index >= 15 is 0 Å². The van der Waals surface area contributed by atoms with Gasteiger partial charge in [0.2, 0.25) is 0 Å². The van der Waals surface area contributed by atoms with Crippen LogP contribution in [0.25, 0.3) is 0 Å². The highest BCUT2D eigenvalue weighted by molar-refractivity contribution is 8.17. The molecule has 2 aromatic rings. The zero-order valence-electron chi connectivity index (χ0n) is 11.2. The molecule has 0 aromatic heterocycles. The van der Waals surface area contributed by atoms with Crippen molar-refractivity contribution < 1.29 is 9.53 Å². The highest BCUT2D eigenvalue weighted by atomic mass is 32.2. The molecule has 0 N–H and O–H groups in total. The minimum Gasteiger partial charge on any atom is -0.469 e. The van der Waals surface area contributed by atoms with Crippen molar-refractivity contribution in [2.75, 3.05) is 7.11 Å². The molecule has 0 atom stereocenters. The molecule has 2 aromatic carbocycles. The SMILES string of the molecule is COC(=O)CC(Sc1ccccc1)Sc1ccccc1. The van der Waals surface area contributed by atoms with Gasteiger partial charge in [-0.25, -0.2) is 0 Å². The van der Waals surface area contributed by atoms with E-state index in [1.807, 2.05) is 36.4 Å². The summed E-state index contributed by atoms with van der Waals surface area (Å²) in [7, 11) is 1.43. The molecule has 20 heavy (non-hydrogen) atoms. The van der Waals surface area contributed by atoms with Gasteiger partial charge >= 0.3 is 5.97 Å². The molecule has 0 spiro atoms. The van der Waals surface area contributed by atoms with Crippen molar-refractivity contribution in [3.05, 3.63) is 60.7 Å². The number of ether oxygens (including phenoxy) is 1. The summed E-state index contributed by atoms with van der Waals surface area (Å²) in [6.07, 6.45) is 0.385. The van der Waals surface area contributed by atoms with E-state index < -0.39 is 0 Å². The summed E-state index contributed by atoms with van der Waals surface area (Å²) in [5, 5.41) is 0. The van der Waals surface area contributed by atoms with Crippen LogP contribution in [0.15, 0.2) is 70.5 Å². The molecular formula is C16H16O2S2. The number of hydrogen-bond acceptors (Lipinski definition) is 4. The zero-order valence-corrected chi connectivity index (χ0v) is 12.8. The maximum absolute atomic E-state index is 11.6. The van der Waals surface area contributed by atoms with Gasteiger partial charge in [-0.15, -0.1) is 23.5 Å². The number of carbonyl (C=O) groups excluding carboxylic acids is 1. The van der Waals surface area contributed by atoms with Crippen molar-refractivity contribution in [2.24, 2.45) is 0 Å². The van der Waals surface area contributed by atoms with E-state index in [2.05, 4.69) is 24.3 Å². The first-order chi connectivity index (χ1) is 9.78. The van der Waals surface area contributed by atoms with Crippen molar-refractivity contribution in [3.8, 4) is 0 Å². The van der Waals surface area contributed by atoms with Crippen molar-refractivity contribution in [2.45, 2.75) is 20.8 Å². The quantitative estimate of drug-likeness (QED) is 0.447. The molecule has 0 bridgehead atoms. The lowest BCUT2D eigenvalue weighted by Gasteiger charge is -2.15. The van der Waals surface area contributed by atoms with E-state index in [1.165, 1.54) is 7.11 Å². The molecule has 0 aliphatic rings. The Labute approximate surface area is 127 Å². The molecule has 0 aliphatic heterocycles. The van der Waals surface area contributed by atoms with E-state index in [9.17, 15) is 4.79 Å². The summed E-state index contributed by atoms with van der Waals surface area (Å²) in [5.74, 6) is -0.179. The van der Waals surface area contributed by atoms with Crippen LogP contribution in [0.2, 0.25) is 0 Å². The van der Waals surface area contributed by atoms with Gasteiger partial charge in [0.1, 0.15) is 0 Å². The van der Waals surface area contributed by atoms with Crippen LogP contribution in [0.3, 0.4) is 0 Å². The Bertz CT molecular complexity index is 487. The molecular weight excluding hydrogens is 288 g/mol. The predicted molar refractivity (Wildman–Crippen MR) is 85.0 cm³/mol. The Morgan fingerprint density at radius 1 is 0.950 bits per heavy atom. The lowest BCUT2D eigenvalue weighted by Crippen LogP contribution is -2.08. The fourth-order valence-electron chi connectivity index (χ4n) is 1.63. The van der Waals surface area contributed by atoms with Gasteiger partial charge < -0.3 is 4.74 Å². The summed E-state index contributed by atoms with van der Waals surface area (Å²) in [6, 6.07) is 20.2. The highest BCUT2D eigenvalue weighted by Gasteiger charge is 2.17. The normalized spacial score (nSPS) is 10.5. The Hall–Kier alpha value is -1.39. The van der Waals surface area contributed by atoms with E-state index in [0.29, 0.717) is 6.42 Å². The van der Waals surface area contributed by atoms with Crippen molar-refractivity contribution in [1.82, 2.24) is 0 Å². The fourth-order valence-corrected chi connectivity index (χ4v) is 4.16. The molecule has 0 fully saturated rings. The van der Waals surface area contributed by atoms with E-state index in [-0.39, 0.29) is 10.6 Å². The minimum absolute atomic E-state index is 0.104. The summed E-state index contributed by atoms with van der Waals surface area (Å²) >= 11 is 3.38. The number of methoxy groups -OCH3 is 1. The smallest absolute Gasteiger partial charge is 0.307 e. The molecule has 0 saturated heterocycles. The Balaban J connectivity index is 2.06. The van der Waals surface area contributed by atoms with Gasteiger partial charge in [-0.05, 0) is 24.3 Å². The molecule has 2 rings (SSSR count). The Morgan fingerprint density at radius 2 is 1.40 bits per heavy atom. The van der Waals surface area contributed by atoms with Crippen molar-refractivity contribution in [1.29, 1.82) is 0 Å². The van der Waals surface area contributed by atoms with E-state index in [4.69, 9.17) is 4.74 Å². The Kier molecular flexibility index (Phi) is 6.02. The summed E-state index contributed by atoms with van der Waals surface area (Å²) < 4.78 is 4.89. The van der Waals surface area contributed by atoms with Crippen molar-refractivity contribution >= 4 is 29.5 Å². The van der Waals surface area contributed by atoms with Gasteiger partial charge in [0.15, 0.2) is 0 Å². The standard InChI is InChI=1S/C16H16O2S2/c1-18-15(17)12-16(19-13-8-4-2-5-9-13)20-14-10-6-3-7-11-14/h2-11,16H,12H2,1H3. The third-order valence-electron chi connectivity index (χ3n) is 2.58. The minimum atomic E-state index is -0.179. The fraction of sp³-hybridized carbons (Fsp3) is 0.188. The molecule has 104 valence electrons. The molecule has 4 heteroatoms. The van der Waals surface area contributed by atoms with Crippen LogP contribution in [0.5, 0.6) is 0 Å². The van der Waals surface area contributed by atoms with E-state index in [0.717, 1.165) is 9.79 Å². The first kappa shape index (κ1) is 15.0. The maximum atomic E-state index is 11.6.